The Morgan fingerprint density at radius 1 is 1.04 bits per heavy atom. The summed E-state index contributed by atoms with van der Waals surface area (Å²) in [6.45, 7) is 4.83. The Morgan fingerprint density at radius 2 is 1.81 bits per heavy atom. The first-order valence-corrected chi connectivity index (χ1v) is 9.48. The van der Waals surface area contributed by atoms with Gasteiger partial charge in [0.1, 0.15) is 0 Å². The van der Waals surface area contributed by atoms with Crippen molar-refractivity contribution in [2.45, 2.75) is 20.4 Å². The maximum atomic E-state index is 12.6. The summed E-state index contributed by atoms with van der Waals surface area (Å²) >= 11 is 1.47. The fourth-order valence-corrected chi connectivity index (χ4v) is 3.97. The van der Waals surface area contributed by atoms with Crippen molar-refractivity contribution in [3.8, 4) is 0 Å². The summed E-state index contributed by atoms with van der Waals surface area (Å²) in [6, 6.07) is 18.7. The third-order valence-corrected chi connectivity index (χ3v) is 5.59. The normalized spacial score (nSPS) is 11.0. The van der Waals surface area contributed by atoms with E-state index in [1.54, 1.807) is 0 Å². The van der Waals surface area contributed by atoms with E-state index in [2.05, 4.69) is 53.2 Å². The first kappa shape index (κ1) is 16.6. The fourth-order valence-electron chi connectivity index (χ4n) is 3.15. The molecule has 2 aromatic carbocycles. The van der Waals surface area contributed by atoms with Crippen LogP contribution in [-0.2, 0) is 6.54 Å². The third kappa shape index (κ3) is 3.16. The van der Waals surface area contributed by atoms with Gasteiger partial charge in [0.25, 0.3) is 5.91 Å². The molecular formula is C22H20N2OS. The predicted octanol–water partition coefficient (Wildman–Crippen LogP) is 5.62. The Kier molecular flexibility index (Phi) is 4.35. The van der Waals surface area contributed by atoms with Gasteiger partial charge in [-0.2, -0.15) is 0 Å². The zero-order chi connectivity index (χ0) is 18.1. The first-order valence-electron chi connectivity index (χ1n) is 8.60. The van der Waals surface area contributed by atoms with Gasteiger partial charge in [0.15, 0.2) is 0 Å². The molecule has 0 saturated heterocycles. The summed E-state index contributed by atoms with van der Waals surface area (Å²) in [5.41, 5.74) is 5.47. The number of nitrogens with one attached hydrogen (secondary N) is 1. The van der Waals surface area contributed by atoms with E-state index in [-0.39, 0.29) is 5.91 Å². The molecule has 1 N–H and O–H groups in total. The van der Waals surface area contributed by atoms with Gasteiger partial charge in [-0.25, -0.2) is 0 Å². The number of benzene rings is 2. The SMILES string of the molecule is Cc1ccc(Cn2cc(NC(=O)c3sccc3C)c3ccccc32)cc1. The number of hydrogen-bond donors (Lipinski definition) is 1. The van der Waals surface area contributed by atoms with Crippen LogP contribution in [0.2, 0.25) is 0 Å². The summed E-state index contributed by atoms with van der Waals surface area (Å²) in [5.74, 6) is -0.0456. The van der Waals surface area contributed by atoms with Crippen molar-refractivity contribution in [1.29, 1.82) is 0 Å². The van der Waals surface area contributed by atoms with E-state index in [0.29, 0.717) is 0 Å². The lowest BCUT2D eigenvalue weighted by Crippen LogP contribution is -2.11. The van der Waals surface area contributed by atoms with Crippen molar-refractivity contribution < 1.29 is 4.79 Å². The Balaban J connectivity index is 1.68. The molecule has 0 unspecified atom stereocenters. The highest BCUT2D eigenvalue weighted by Crippen LogP contribution is 2.28. The molecule has 4 heteroatoms. The van der Waals surface area contributed by atoms with E-state index in [1.165, 1.54) is 22.5 Å². The van der Waals surface area contributed by atoms with Gasteiger partial charge in [0.05, 0.1) is 16.1 Å². The summed E-state index contributed by atoms with van der Waals surface area (Å²) in [6.07, 6.45) is 2.03. The van der Waals surface area contributed by atoms with Crippen molar-refractivity contribution >= 4 is 33.8 Å². The smallest absolute Gasteiger partial charge is 0.266 e. The van der Waals surface area contributed by atoms with Crippen molar-refractivity contribution in [1.82, 2.24) is 4.57 Å². The number of carbonyl (C=O) groups excluding carboxylic acids is 1. The van der Waals surface area contributed by atoms with E-state index in [4.69, 9.17) is 0 Å². The van der Waals surface area contributed by atoms with Crippen LogP contribution >= 0.6 is 11.3 Å². The molecule has 2 heterocycles. The van der Waals surface area contributed by atoms with Gasteiger partial charge in [-0.3, -0.25) is 4.79 Å². The molecule has 2 aromatic heterocycles. The molecule has 4 aromatic rings. The number of anilines is 1. The monoisotopic (exact) mass is 360 g/mol. The minimum atomic E-state index is -0.0456. The van der Waals surface area contributed by atoms with Gasteiger partial charge in [-0.1, -0.05) is 48.0 Å². The molecule has 130 valence electrons. The second-order valence-corrected chi connectivity index (χ2v) is 7.48. The van der Waals surface area contributed by atoms with E-state index in [9.17, 15) is 4.79 Å². The van der Waals surface area contributed by atoms with Gasteiger partial charge >= 0.3 is 0 Å². The number of para-hydroxylation sites is 1. The molecule has 0 aliphatic rings. The van der Waals surface area contributed by atoms with Crippen LogP contribution in [0.15, 0.2) is 66.2 Å². The molecule has 3 nitrogen and oxygen atoms in total. The van der Waals surface area contributed by atoms with E-state index >= 15 is 0 Å². The Bertz CT molecular complexity index is 1070. The molecule has 26 heavy (non-hydrogen) atoms. The Hall–Kier alpha value is -2.85. The summed E-state index contributed by atoms with van der Waals surface area (Å²) < 4.78 is 2.19. The molecule has 0 bridgehead atoms. The lowest BCUT2D eigenvalue weighted by molar-refractivity contribution is 0.103. The van der Waals surface area contributed by atoms with Crippen LogP contribution in [-0.4, -0.2) is 10.5 Å². The largest absolute Gasteiger partial charge is 0.341 e. The van der Waals surface area contributed by atoms with Crippen molar-refractivity contribution in [3.63, 3.8) is 0 Å². The standard InChI is InChI=1S/C22H20N2OS/c1-15-7-9-17(10-8-15)13-24-14-19(18-5-3-4-6-20(18)24)23-22(25)21-16(2)11-12-26-21/h3-12,14H,13H2,1-2H3,(H,23,25). The molecule has 1 amide bonds. The maximum Gasteiger partial charge on any atom is 0.266 e. The van der Waals surface area contributed by atoms with Crippen LogP contribution in [0, 0.1) is 13.8 Å². The number of nitrogens with zero attached hydrogens (tertiary/aromatic N) is 1. The second-order valence-electron chi connectivity index (χ2n) is 6.56. The van der Waals surface area contributed by atoms with E-state index < -0.39 is 0 Å². The Labute approximate surface area is 156 Å². The number of rotatable bonds is 4. The van der Waals surface area contributed by atoms with Crippen LogP contribution in [0.1, 0.15) is 26.4 Å². The fraction of sp³-hybridized carbons (Fsp3) is 0.136. The van der Waals surface area contributed by atoms with Gasteiger partial charge in [0.2, 0.25) is 0 Å². The molecule has 0 spiro atoms. The highest BCUT2D eigenvalue weighted by Gasteiger charge is 2.14. The number of aryl methyl sites for hydroxylation is 2. The number of hydrogen-bond acceptors (Lipinski definition) is 2. The van der Waals surface area contributed by atoms with Crippen molar-refractivity contribution in [2.24, 2.45) is 0 Å². The molecule has 0 fully saturated rings. The first-order chi connectivity index (χ1) is 12.6. The Morgan fingerprint density at radius 3 is 2.54 bits per heavy atom. The average Bonchev–Trinajstić information content (AvgIpc) is 3.22. The lowest BCUT2D eigenvalue weighted by atomic mass is 10.1. The number of carbonyl (C=O) groups is 1. The van der Waals surface area contributed by atoms with E-state index in [0.717, 1.165) is 33.6 Å². The van der Waals surface area contributed by atoms with Crippen molar-refractivity contribution in [3.05, 3.63) is 87.7 Å². The summed E-state index contributed by atoms with van der Waals surface area (Å²) in [4.78, 5) is 13.4. The molecule has 0 aliphatic heterocycles. The number of aromatic nitrogens is 1. The summed E-state index contributed by atoms with van der Waals surface area (Å²) in [7, 11) is 0. The van der Waals surface area contributed by atoms with Crippen LogP contribution in [0.3, 0.4) is 0 Å². The second kappa shape index (κ2) is 6.81. The molecule has 4 rings (SSSR count). The minimum absolute atomic E-state index is 0.0456. The van der Waals surface area contributed by atoms with Crippen LogP contribution in [0.25, 0.3) is 10.9 Å². The predicted molar refractivity (Wildman–Crippen MR) is 109 cm³/mol. The van der Waals surface area contributed by atoms with Crippen LogP contribution in [0.4, 0.5) is 5.69 Å². The highest BCUT2D eigenvalue weighted by atomic mass is 32.1. The van der Waals surface area contributed by atoms with E-state index in [1.807, 2.05) is 36.7 Å². The zero-order valence-electron chi connectivity index (χ0n) is 14.8. The number of fused-ring (bicyclic) bond motifs is 1. The van der Waals surface area contributed by atoms with Crippen molar-refractivity contribution in [2.75, 3.05) is 5.32 Å². The number of amides is 1. The van der Waals surface area contributed by atoms with Crippen LogP contribution in [0.5, 0.6) is 0 Å². The molecule has 0 saturated carbocycles. The molecular weight excluding hydrogens is 340 g/mol. The quantitative estimate of drug-likeness (QED) is 0.503. The molecule has 0 radical (unpaired) electrons. The maximum absolute atomic E-state index is 12.6. The van der Waals surface area contributed by atoms with Gasteiger partial charge in [0, 0.05) is 18.1 Å². The molecule has 0 atom stereocenters. The highest BCUT2D eigenvalue weighted by molar-refractivity contribution is 7.12. The molecule has 0 aliphatic carbocycles. The average molecular weight is 360 g/mol. The van der Waals surface area contributed by atoms with Crippen LogP contribution < -0.4 is 5.32 Å². The summed E-state index contributed by atoms with van der Waals surface area (Å²) in [5, 5.41) is 6.10. The zero-order valence-corrected chi connectivity index (χ0v) is 15.6. The lowest BCUT2D eigenvalue weighted by Gasteiger charge is -2.06. The number of thiophene rings is 1. The van der Waals surface area contributed by atoms with Gasteiger partial charge < -0.3 is 9.88 Å². The minimum Gasteiger partial charge on any atom is -0.341 e. The third-order valence-electron chi connectivity index (χ3n) is 4.58. The topological polar surface area (TPSA) is 34.0 Å². The van der Waals surface area contributed by atoms with Gasteiger partial charge in [-0.05, 0) is 42.5 Å². The van der Waals surface area contributed by atoms with Gasteiger partial charge in [-0.15, -0.1) is 11.3 Å².